The standard InChI is InChI=1S/C8H10Cl2N2OS/c1-5(3-13)4-14-7-6(9)2-11-8(10)12-7/h2,5,13H,3-4H2,1H3. The molecule has 1 N–H and O–H groups in total. The highest BCUT2D eigenvalue weighted by atomic mass is 35.5. The summed E-state index contributed by atoms with van der Waals surface area (Å²) in [7, 11) is 0. The van der Waals surface area contributed by atoms with Crippen molar-refractivity contribution in [3.63, 3.8) is 0 Å². The van der Waals surface area contributed by atoms with Gasteiger partial charge in [-0.25, -0.2) is 9.97 Å². The molecule has 0 aliphatic carbocycles. The molecule has 0 saturated heterocycles. The van der Waals surface area contributed by atoms with Gasteiger partial charge in [-0.15, -0.1) is 11.8 Å². The summed E-state index contributed by atoms with van der Waals surface area (Å²) in [5.74, 6) is 0.966. The van der Waals surface area contributed by atoms with Crippen LogP contribution in [0.5, 0.6) is 0 Å². The normalized spacial score (nSPS) is 12.9. The number of thioether (sulfide) groups is 1. The van der Waals surface area contributed by atoms with Crippen LogP contribution < -0.4 is 0 Å². The monoisotopic (exact) mass is 252 g/mol. The first kappa shape index (κ1) is 12.0. The lowest BCUT2D eigenvalue weighted by Crippen LogP contribution is -2.03. The van der Waals surface area contributed by atoms with Crippen molar-refractivity contribution in [3.8, 4) is 0 Å². The smallest absolute Gasteiger partial charge is 0.223 e. The van der Waals surface area contributed by atoms with E-state index in [1.807, 2.05) is 6.92 Å². The van der Waals surface area contributed by atoms with E-state index < -0.39 is 0 Å². The number of aromatic nitrogens is 2. The minimum absolute atomic E-state index is 0.156. The van der Waals surface area contributed by atoms with Crippen molar-refractivity contribution in [3.05, 3.63) is 16.5 Å². The molecule has 3 nitrogen and oxygen atoms in total. The van der Waals surface area contributed by atoms with E-state index in [1.54, 1.807) is 0 Å². The van der Waals surface area contributed by atoms with Gasteiger partial charge in [0.05, 0.1) is 11.2 Å². The zero-order valence-electron chi connectivity index (χ0n) is 7.57. The van der Waals surface area contributed by atoms with Gasteiger partial charge in [0.25, 0.3) is 0 Å². The van der Waals surface area contributed by atoms with E-state index in [0.29, 0.717) is 10.0 Å². The third-order valence-corrected chi connectivity index (χ3v) is 3.39. The fourth-order valence-corrected chi connectivity index (χ4v) is 2.03. The van der Waals surface area contributed by atoms with Gasteiger partial charge in [0.2, 0.25) is 5.28 Å². The SMILES string of the molecule is CC(CO)CSc1nc(Cl)ncc1Cl. The van der Waals surface area contributed by atoms with Crippen LogP contribution in [0.2, 0.25) is 10.3 Å². The zero-order chi connectivity index (χ0) is 10.6. The molecule has 14 heavy (non-hydrogen) atoms. The summed E-state index contributed by atoms with van der Waals surface area (Å²) >= 11 is 12.9. The highest BCUT2D eigenvalue weighted by molar-refractivity contribution is 7.99. The molecule has 0 aliphatic heterocycles. The highest BCUT2D eigenvalue weighted by Crippen LogP contribution is 2.26. The van der Waals surface area contributed by atoms with Crippen LogP contribution in [0.15, 0.2) is 11.2 Å². The molecule has 0 fully saturated rings. The summed E-state index contributed by atoms with van der Waals surface area (Å²) in [6.45, 7) is 2.10. The third-order valence-electron chi connectivity index (χ3n) is 1.50. The molecule has 0 aliphatic rings. The second-order valence-electron chi connectivity index (χ2n) is 2.89. The number of rotatable bonds is 4. The van der Waals surface area contributed by atoms with Crippen molar-refractivity contribution in [1.82, 2.24) is 9.97 Å². The molecule has 78 valence electrons. The third kappa shape index (κ3) is 3.61. The molecular weight excluding hydrogens is 243 g/mol. The molecule has 0 saturated carbocycles. The lowest BCUT2D eigenvalue weighted by atomic mass is 10.2. The molecule has 0 aromatic carbocycles. The van der Waals surface area contributed by atoms with E-state index in [4.69, 9.17) is 28.3 Å². The minimum atomic E-state index is 0.156. The Hall–Kier alpha value is -0.0300. The second-order valence-corrected chi connectivity index (χ2v) is 4.64. The molecule has 1 aromatic rings. The number of aliphatic hydroxyl groups is 1. The fourth-order valence-electron chi connectivity index (χ4n) is 0.706. The first-order valence-electron chi connectivity index (χ1n) is 4.05. The van der Waals surface area contributed by atoms with E-state index in [2.05, 4.69) is 9.97 Å². The van der Waals surface area contributed by atoms with Gasteiger partial charge in [-0.3, -0.25) is 0 Å². The van der Waals surface area contributed by atoms with Crippen LogP contribution in [-0.2, 0) is 0 Å². The number of nitrogens with zero attached hydrogens (tertiary/aromatic N) is 2. The van der Waals surface area contributed by atoms with Crippen molar-refractivity contribution in [2.24, 2.45) is 5.92 Å². The Kier molecular flexibility index (Phi) is 4.95. The van der Waals surface area contributed by atoms with E-state index >= 15 is 0 Å². The Labute approximate surface area is 96.9 Å². The fraction of sp³-hybridized carbons (Fsp3) is 0.500. The van der Waals surface area contributed by atoms with E-state index in [0.717, 1.165) is 5.75 Å². The summed E-state index contributed by atoms with van der Waals surface area (Å²) in [6.07, 6.45) is 1.48. The average molecular weight is 253 g/mol. The van der Waals surface area contributed by atoms with E-state index in [-0.39, 0.29) is 17.8 Å². The van der Waals surface area contributed by atoms with Crippen LogP contribution in [0.1, 0.15) is 6.92 Å². The van der Waals surface area contributed by atoms with Crippen LogP contribution in [0.3, 0.4) is 0 Å². The molecule has 0 bridgehead atoms. The molecule has 0 amide bonds. The lowest BCUT2D eigenvalue weighted by Gasteiger charge is -2.07. The second kappa shape index (κ2) is 5.75. The number of aliphatic hydroxyl groups excluding tert-OH is 1. The summed E-state index contributed by atoms with van der Waals surface area (Å²) in [5.41, 5.74) is 0. The van der Waals surface area contributed by atoms with Gasteiger partial charge in [0.1, 0.15) is 5.03 Å². The zero-order valence-corrected chi connectivity index (χ0v) is 9.90. The maximum Gasteiger partial charge on any atom is 0.223 e. The number of hydrogen-bond donors (Lipinski definition) is 1. The maximum atomic E-state index is 8.83. The average Bonchev–Trinajstić information content (AvgIpc) is 2.19. The van der Waals surface area contributed by atoms with E-state index in [1.165, 1.54) is 18.0 Å². The largest absolute Gasteiger partial charge is 0.396 e. The summed E-state index contributed by atoms with van der Waals surface area (Å²) in [6, 6.07) is 0. The molecular formula is C8H10Cl2N2OS. The Bertz CT molecular complexity index is 311. The Balaban J connectivity index is 2.62. The topological polar surface area (TPSA) is 46.0 Å². The molecule has 1 unspecified atom stereocenters. The summed E-state index contributed by atoms with van der Waals surface area (Å²) in [4.78, 5) is 7.73. The quantitative estimate of drug-likeness (QED) is 0.508. The predicted molar refractivity (Wildman–Crippen MR) is 59.0 cm³/mol. The molecule has 1 rings (SSSR count). The summed E-state index contributed by atoms with van der Waals surface area (Å²) in [5, 5.41) is 10.2. The van der Waals surface area contributed by atoms with Crippen LogP contribution in [0, 0.1) is 5.92 Å². The summed E-state index contributed by atoms with van der Waals surface area (Å²) < 4.78 is 0. The van der Waals surface area contributed by atoms with Crippen molar-refractivity contribution in [2.75, 3.05) is 12.4 Å². The van der Waals surface area contributed by atoms with Gasteiger partial charge in [-0.1, -0.05) is 18.5 Å². The number of hydrogen-bond acceptors (Lipinski definition) is 4. The number of halogens is 2. The van der Waals surface area contributed by atoms with Crippen LogP contribution >= 0.6 is 35.0 Å². The Morgan fingerprint density at radius 3 is 2.93 bits per heavy atom. The van der Waals surface area contributed by atoms with Gasteiger partial charge in [-0.2, -0.15) is 0 Å². The van der Waals surface area contributed by atoms with Gasteiger partial charge < -0.3 is 5.11 Å². The molecule has 1 atom stereocenters. The van der Waals surface area contributed by atoms with Crippen molar-refractivity contribution >= 4 is 35.0 Å². The highest BCUT2D eigenvalue weighted by Gasteiger charge is 2.07. The van der Waals surface area contributed by atoms with Gasteiger partial charge in [0.15, 0.2) is 0 Å². The van der Waals surface area contributed by atoms with Crippen molar-refractivity contribution < 1.29 is 5.11 Å². The molecule has 0 radical (unpaired) electrons. The maximum absolute atomic E-state index is 8.83. The lowest BCUT2D eigenvalue weighted by molar-refractivity contribution is 0.250. The Morgan fingerprint density at radius 1 is 1.57 bits per heavy atom. The molecule has 1 heterocycles. The van der Waals surface area contributed by atoms with Gasteiger partial charge in [0, 0.05) is 12.4 Å². The Morgan fingerprint density at radius 2 is 2.29 bits per heavy atom. The molecule has 1 aromatic heterocycles. The van der Waals surface area contributed by atoms with E-state index in [9.17, 15) is 0 Å². The van der Waals surface area contributed by atoms with Gasteiger partial charge >= 0.3 is 0 Å². The van der Waals surface area contributed by atoms with Crippen LogP contribution in [0.4, 0.5) is 0 Å². The van der Waals surface area contributed by atoms with Crippen LogP contribution in [-0.4, -0.2) is 27.4 Å². The van der Waals surface area contributed by atoms with Crippen LogP contribution in [0.25, 0.3) is 0 Å². The predicted octanol–water partition coefficient (Wildman–Crippen LogP) is 2.50. The first-order chi connectivity index (χ1) is 6.63. The van der Waals surface area contributed by atoms with Crippen molar-refractivity contribution in [1.29, 1.82) is 0 Å². The minimum Gasteiger partial charge on any atom is -0.396 e. The first-order valence-corrected chi connectivity index (χ1v) is 5.79. The van der Waals surface area contributed by atoms with Gasteiger partial charge in [-0.05, 0) is 17.5 Å². The molecule has 0 spiro atoms. The van der Waals surface area contributed by atoms with Crippen molar-refractivity contribution in [2.45, 2.75) is 11.9 Å². The molecule has 6 heteroatoms.